The van der Waals surface area contributed by atoms with Gasteiger partial charge >= 0.3 is 0 Å². The Labute approximate surface area is 181 Å². The largest absolute Gasteiger partial charge is 0.496 e. The maximum Gasteiger partial charge on any atom is 0.276 e. The predicted molar refractivity (Wildman–Crippen MR) is 119 cm³/mol. The Morgan fingerprint density at radius 3 is 2.80 bits per heavy atom. The van der Waals surface area contributed by atoms with Gasteiger partial charge in [-0.3, -0.25) is 9.69 Å². The summed E-state index contributed by atoms with van der Waals surface area (Å²) in [6, 6.07) is 12.5. The van der Waals surface area contributed by atoms with Crippen LogP contribution >= 0.6 is 12.2 Å². The first-order valence-electron chi connectivity index (χ1n) is 10.4. The fourth-order valence-corrected chi connectivity index (χ4v) is 4.52. The predicted octanol–water partition coefficient (Wildman–Crippen LogP) is 3.98. The molecule has 1 N–H and O–H groups in total. The van der Waals surface area contributed by atoms with E-state index >= 15 is 0 Å². The Morgan fingerprint density at radius 1 is 1.17 bits per heavy atom. The van der Waals surface area contributed by atoms with Crippen LogP contribution in [0.15, 0.2) is 42.1 Å². The number of carbonyl (C=O) groups excluding carboxylic acids is 1. The van der Waals surface area contributed by atoms with Crippen molar-refractivity contribution in [2.45, 2.75) is 44.8 Å². The van der Waals surface area contributed by atoms with Crippen LogP contribution in [0.1, 0.15) is 41.5 Å². The van der Waals surface area contributed by atoms with Crippen LogP contribution in [0.25, 0.3) is 6.08 Å². The molecule has 30 heavy (non-hydrogen) atoms. The smallest absolute Gasteiger partial charge is 0.276 e. The molecule has 2 aliphatic carbocycles. The monoisotopic (exact) mass is 420 g/mol. The van der Waals surface area contributed by atoms with Gasteiger partial charge in [0.15, 0.2) is 5.11 Å². The van der Waals surface area contributed by atoms with Gasteiger partial charge in [0.2, 0.25) is 0 Å². The van der Waals surface area contributed by atoms with Crippen molar-refractivity contribution in [1.29, 1.82) is 0 Å². The molecule has 1 saturated carbocycles. The molecule has 0 atom stereocenters. The quantitative estimate of drug-likeness (QED) is 0.566. The summed E-state index contributed by atoms with van der Waals surface area (Å²) in [5.74, 6) is 1.59. The molecule has 2 aromatic rings. The van der Waals surface area contributed by atoms with Crippen LogP contribution in [0.4, 0.5) is 0 Å². The lowest BCUT2D eigenvalue weighted by molar-refractivity contribution is -0.122. The molecule has 0 unspecified atom stereocenters. The zero-order valence-electron chi connectivity index (χ0n) is 16.9. The molecule has 0 aromatic heterocycles. The first kappa shape index (κ1) is 19.1. The number of methoxy groups -OCH3 is 1. The lowest BCUT2D eigenvalue weighted by atomic mass is 10.1. The first-order valence-corrected chi connectivity index (χ1v) is 10.8. The summed E-state index contributed by atoms with van der Waals surface area (Å²) >= 11 is 5.34. The SMILES string of the molecule is COc1ccc(/C=C2/NC(=S)N(C3CC3)C2=O)cc1COc1ccc2c(c1)CCC2. The molecule has 0 spiro atoms. The fourth-order valence-electron chi connectivity index (χ4n) is 4.18. The molecule has 5 rings (SSSR count). The van der Waals surface area contributed by atoms with E-state index in [0.717, 1.165) is 48.3 Å². The molecule has 6 heteroatoms. The topological polar surface area (TPSA) is 50.8 Å². The fraction of sp³-hybridized carbons (Fsp3) is 0.333. The average molecular weight is 421 g/mol. The number of aryl methyl sites for hydroxylation is 2. The highest BCUT2D eigenvalue weighted by Crippen LogP contribution is 2.32. The minimum atomic E-state index is -0.0470. The highest BCUT2D eigenvalue weighted by molar-refractivity contribution is 7.80. The zero-order chi connectivity index (χ0) is 20.7. The Kier molecular flexibility index (Phi) is 4.95. The molecule has 3 aliphatic rings. The summed E-state index contributed by atoms with van der Waals surface area (Å²) in [6.07, 6.45) is 7.39. The number of hydrogen-bond donors (Lipinski definition) is 1. The van der Waals surface area contributed by atoms with Gasteiger partial charge in [-0.05, 0) is 91.4 Å². The summed E-state index contributed by atoms with van der Waals surface area (Å²) in [4.78, 5) is 14.4. The molecule has 1 heterocycles. The zero-order valence-corrected chi connectivity index (χ0v) is 17.8. The van der Waals surface area contributed by atoms with Crippen LogP contribution in [-0.4, -0.2) is 29.1 Å². The molecule has 1 amide bonds. The van der Waals surface area contributed by atoms with Gasteiger partial charge in [0.25, 0.3) is 5.91 Å². The molecule has 1 aliphatic heterocycles. The lowest BCUT2D eigenvalue weighted by Gasteiger charge is -2.12. The molecule has 5 nitrogen and oxygen atoms in total. The lowest BCUT2D eigenvalue weighted by Crippen LogP contribution is -2.32. The van der Waals surface area contributed by atoms with Gasteiger partial charge in [-0.15, -0.1) is 0 Å². The highest BCUT2D eigenvalue weighted by Gasteiger charge is 2.41. The first-order chi connectivity index (χ1) is 14.6. The molecule has 154 valence electrons. The summed E-state index contributed by atoms with van der Waals surface area (Å²) < 4.78 is 11.6. The molecule has 2 aromatic carbocycles. The molecule has 0 radical (unpaired) electrons. The number of benzene rings is 2. The third-order valence-corrected chi connectivity index (χ3v) is 6.20. The van der Waals surface area contributed by atoms with Crippen LogP contribution in [0.3, 0.4) is 0 Å². The van der Waals surface area contributed by atoms with Crippen LogP contribution in [0.2, 0.25) is 0 Å². The minimum Gasteiger partial charge on any atom is -0.496 e. The van der Waals surface area contributed by atoms with Crippen molar-refractivity contribution in [2.24, 2.45) is 0 Å². The number of nitrogens with zero attached hydrogens (tertiary/aromatic N) is 1. The minimum absolute atomic E-state index is 0.0470. The highest BCUT2D eigenvalue weighted by atomic mass is 32.1. The standard InChI is InChI=1S/C24H24N2O3S/c1-28-22-10-5-15(12-21-23(27)26(19-7-8-19)24(30)25-21)11-18(22)14-29-20-9-6-16-3-2-4-17(16)13-20/h5-6,9-13,19H,2-4,7-8,14H2,1H3,(H,25,30)/b21-12+. The second-order valence-electron chi connectivity index (χ2n) is 8.04. The van der Waals surface area contributed by atoms with Crippen LogP contribution in [0.5, 0.6) is 11.5 Å². The Morgan fingerprint density at radius 2 is 2.00 bits per heavy atom. The van der Waals surface area contributed by atoms with Crippen molar-refractivity contribution < 1.29 is 14.3 Å². The van der Waals surface area contributed by atoms with Crippen LogP contribution < -0.4 is 14.8 Å². The van der Waals surface area contributed by atoms with Crippen molar-refractivity contribution in [3.05, 3.63) is 64.3 Å². The molecule has 2 fully saturated rings. The van der Waals surface area contributed by atoms with Gasteiger partial charge in [0.05, 0.1) is 7.11 Å². The van der Waals surface area contributed by atoms with Gasteiger partial charge in [0.1, 0.15) is 23.8 Å². The van der Waals surface area contributed by atoms with E-state index in [2.05, 4.69) is 17.4 Å². The van der Waals surface area contributed by atoms with E-state index in [1.54, 1.807) is 12.0 Å². The van der Waals surface area contributed by atoms with E-state index in [1.165, 1.54) is 17.5 Å². The van der Waals surface area contributed by atoms with Gasteiger partial charge in [0, 0.05) is 11.6 Å². The number of hydrogen-bond acceptors (Lipinski definition) is 4. The van der Waals surface area contributed by atoms with Crippen LogP contribution in [0, 0.1) is 0 Å². The van der Waals surface area contributed by atoms with Crippen molar-refractivity contribution in [2.75, 3.05) is 7.11 Å². The molecular formula is C24H24N2O3S. The number of nitrogens with one attached hydrogen (secondary N) is 1. The number of amides is 1. The van der Waals surface area contributed by atoms with Gasteiger partial charge in [-0.1, -0.05) is 12.1 Å². The van der Waals surface area contributed by atoms with Gasteiger partial charge in [-0.25, -0.2) is 0 Å². The van der Waals surface area contributed by atoms with Crippen molar-refractivity contribution >= 4 is 29.3 Å². The van der Waals surface area contributed by atoms with E-state index in [0.29, 0.717) is 17.4 Å². The summed E-state index contributed by atoms with van der Waals surface area (Å²) in [5.41, 5.74) is 5.17. The van der Waals surface area contributed by atoms with E-state index in [4.69, 9.17) is 21.7 Å². The number of rotatable bonds is 6. The maximum absolute atomic E-state index is 12.7. The number of fused-ring (bicyclic) bond motifs is 1. The Balaban J connectivity index is 1.35. The van der Waals surface area contributed by atoms with Crippen molar-refractivity contribution in [3.8, 4) is 11.5 Å². The molecule has 1 saturated heterocycles. The maximum atomic E-state index is 12.7. The van der Waals surface area contributed by atoms with E-state index in [1.807, 2.05) is 30.3 Å². The summed E-state index contributed by atoms with van der Waals surface area (Å²) in [6.45, 7) is 0.396. The normalized spacial score (nSPS) is 19.2. The molecule has 0 bridgehead atoms. The number of ether oxygens (including phenoxy) is 2. The Hall–Kier alpha value is -2.86. The second kappa shape index (κ2) is 7.76. The third-order valence-electron chi connectivity index (χ3n) is 5.90. The van der Waals surface area contributed by atoms with Crippen molar-refractivity contribution in [3.63, 3.8) is 0 Å². The van der Waals surface area contributed by atoms with E-state index < -0.39 is 0 Å². The summed E-state index contributed by atoms with van der Waals surface area (Å²) in [5, 5.41) is 3.56. The Bertz CT molecular complexity index is 1060. The van der Waals surface area contributed by atoms with Crippen molar-refractivity contribution in [1.82, 2.24) is 10.2 Å². The third kappa shape index (κ3) is 3.67. The van der Waals surface area contributed by atoms with E-state index in [-0.39, 0.29) is 11.9 Å². The number of thiocarbonyl (C=S) groups is 1. The molecular weight excluding hydrogens is 396 g/mol. The van der Waals surface area contributed by atoms with Gasteiger partial charge in [-0.2, -0.15) is 0 Å². The van der Waals surface area contributed by atoms with E-state index in [9.17, 15) is 4.79 Å². The average Bonchev–Trinajstić information content (AvgIpc) is 3.39. The second-order valence-corrected chi connectivity index (χ2v) is 8.43. The van der Waals surface area contributed by atoms with Crippen LogP contribution in [-0.2, 0) is 24.2 Å². The number of carbonyl (C=O) groups is 1. The van der Waals surface area contributed by atoms with Gasteiger partial charge < -0.3 is 14.8 Å². The summed E-state index contributed by atoms with van der Waals surface area (Å²) in [7, 11) is 1.65.